The average molecular weight is 466 g/mol. The minimum Gasteiger partial charge on any atom is -0.385 e. The van der Waals surface area contributed by atoms with Crippen LogP contribution in [0.2, 0.25) is 0 Å². The molecule has 2 heterocycles. The highest BCUT2D eigenvalue weighted by atomic mass is 32.2. The van der Waals surface area contributed by atoms with Crippen LogP contribution in [0.4, 0.5) is 8.78 Å². The molecule has 164 valence electrons. The standard InChI is InChI=1S/C21H21F2N3O3S2/c1-10-18-14(13(11-4-5-11)6-12(9-24)19(18)23)7-17(27)26-31(29,25-10)20-15(22)8-16(30-20)21(2,3)28/h6,8,10-11,28H,4-5,7H2,1-3H3,(H,25,26,27,29). The van der Waals surface area contributed by atoms with Crippen molar-refractivity contribution in [2.24, 2.45) is 4.36 Å². The van der Waals surface area contributed by atoms with Crippen LogP contribution in [-0.2, 0) is 26.7 Å². The quantitative estimate of drug-likeness (QED) is 0.710. The van der Waals surface area contributed by atoms with Crippen molar-refractivity contribution < 1.29 is 22.9 Å². The summed E-state index contributed by atoms with van der Waals surface area (Å²) in [5.74, 6) is -2.26. The zero-order valence-corrected chi connectivity index (χ0v) is 18.8. The number of hydrogen-bond acceptors (Lipinski definition) is 5. The number of carbonyl (C=O) groups is 1. The first kappa shape index (κ1) is 22.0. The first-order valence-corrected chi connectivity index (χ1v) is 12.1. The molecule has 2 aromatic rings. The molecule has 2 aliphatic rings. The predicted molar refractivity (Wildman–Crippen MR) is 112 cm³/mol. The number of halogens is 2. The molecule has 1 aromatic heterocycles. The molecular formula is C21H21F2N3O3S2. The number of rotatable bonds is 3. The maximum absolute atomic E-state index is 15.2. The number of hydrogen-bond donors (Lipinski definition) is 2. The van der Waals surface area contributed by atoms with Crippen molar-refractivity contribution in [3.63, 3.8) is 0 Å². The van der Waals surface area contributed by atoms with Gasteiger partial charge in [-0.3, -0.25) is 4.79 Å². The van der Waals surface area contributed by atoms with Crippen LogP contribution in [0, 0.1) is 23.0 Å². The lowest BCUT2D eigenvalue weighted by molar-refractivity contribution is -0.117. The predicted octanol–water partition coefficient (Wildman–Crippen LogP) is 4.18. The van der Waals surface area contributed by atoms with Crippen LogP contribution in [0.1, 0.15) is 72.7 Å². The van der Waals surface area contributed by atoms with E-state index in [2.05, 4.69) is 9.08 Å². The Bertz CT molecular complexity index is 1260. The van der Waals surface area contributed by atoms with Crippen molar-refractivity contribution in [3.05, 3.63) is 50.9 Å². The number of nitrogens with one attached hydrogen (secondary N) is 1. The van der Waals surface area contributed by atoms with Crippen LogP contribution >= 0.6 is 11.3 Å². The second-order valence-corrected chi connectivity index (χ2v) is 11.6. The number of fused-ring (bicyclic) bond motifs is 1. The number of aliphatic hydroxyl groups is 1. The Balaban J connectivity index is 1.89. The smallest absolute Gasteiger partial charge is 0.259 e. The largest absolute Gasteiger partial charge is 0.385 e. The zero-order valence-electron chi connectivity index (χ0n) is 17.2. The molecule has 2 atom stereocenters. The molecule has 0 saturated heterocycles. The monoisotopic (exact) mass is 465 g/mol. The normalized spacial score (nSPS) is 24.0. The summed E-state index contributed by atoms with van der Waals surface area (Å²) >= 11 is 0.748. The third kappa shape index (κ3) is 3.91. The van der Waals surface area contributed by atoms with E-state index in [0.29, 0.717) is 5.56 Å². The molecule has 1 aliphatic carbocycles. The summed E-state index contributed by atoms with van der Waals surface area (Å²) < 4.78 is 49.7. The molecule has 10 heteroatoms. The van der Waals surface area contributed by atoms with E-state index in [1.54, 1.807) is 6.92 Å². The number of thiophene rings is 1. The molecular weight excluding hydrogens is 444 g/mol. The molecule has 1 amide bonds. The Labute approximate surface area is 183 Å². The number of nitrogens with zero attached hydrogens (tertiary/aromatic N) is 2. The third-order valence-electron chi connectivity index (χ3n) is 5.42. The van der Waals surface area contributed by atoms with Crippen molar-refractivity contribution in [3.8, 4) is 6.07 Å². The highest BCUT2D eigenvalue weighted by Gasteiger charge is 2.36. The van der Waals surface area contributed by atoms with Crippen LogP contribution in [-0.4, -0.2) is 15.2 Å². The minimum absolute atomic E-state index is 0.0941. The van der Waals surface area contributed by atoms with Crippen LogP contribution < -0.4 is 4.72 Å². The van der Waals surface area contributed by atoms with Gasteiger partial charge < -0.3 is 5.11 Å². The highest BCUT2D eigenvalue weighted by molar-refractivity contribution is 7.94. The molecule has 1 saturated carbocycles. The van der Waals surface area contributed by atoms with Crippen molar-refractivity contribution in [1.82, 2.24) is 4.72 Å². The second kappa shape index (κ2) is 7.45. The van der Waals surface area contributed by atoms with Gasteiger partial charge in [0, 0.05) is 16.5 Å². The van der Waals surface area contributed by atoms with Gasteiger partial charge in [0.2, 0.25) is 0 Å². The maximum Gasteiger partial charge on any atom is 0.259 e. The van der Waals surface area contributed by atoms with Crippen LogP contribution in [0.5, 0.6) is 0 Å². The summed E-state index contributed by atoms with van der Waals surface area (Å²) in [7, 11) is -3.79. The summed E-state index contributed by atoms with van der Waals surface area (Å²) in [4.78, 5) is 12.9. The van der Waals surface area contributed by atoms with Crippen molar-refractivity contribution in [2.75, 3.05) is 0 Å². The van der Waals surface area contributed by atoms with Crippen LogP contribution in [0.15, 0.2) is 20.7 Å². The van der Waals surface area contributed by atoms with Gasteiger partial charge in [0.1, 0.15) is 11.9 Å². The summed E-state index contributed by atoms with van der Waals surface area (Å²) in [5, 5.41) is 19.6. The van der Waals surface area contributed by atoms with Gasteiger partial charge in [-0.05, 0) is 62.8 Å². The molecule has 1 aliphatic heterocycles. The number of amides is 1. The molecule has 2 unspecified atom stereocenters. The topological polar surface area (TPSA) is 103 Å². The summed E-state index contributed by atoms with van der Waals surface area (Å²) in [6, 6.07) is 3.49. The highest BCUT2D eigenvalue weighted by Crippen LogP contribution is 2.45. The summed E-state index contributed by atoms with van der Waals surface area (Å²) in [5.41, 5.74) is -0.228. The fraction of sp³-hybridized carbons (Fsp3) is 0.429. The van der Waals surface area contributed by atoms with E-state index >= 15 is 4.39 Å². The van der Waals surface area contributed by atoms with Crippen molar-refractivity contribution >= 4 is 27.2 Å². The molecule has 0 spiro atoms. The molecule has 1 aromatic carbocycles. The molecule has 31 heavy (non-hydrogen) atoms. The van der Waals surface area contributed by atoms with Crippen LogP contribution in [0.3, 0.4) is 0 Å². The number of nitriles is 1. The summed E-state index contributed by atoms with van der Waals surface area (Å²) in [6.45, 7) is 4.46. The van der Waals surface area contributed by atoms with E-state index in [1.165, 1.54) is 19.9 Å². The zero-order chi connectivity index (χ0) is 22.7. The third-order valence-corrected chi connectivity index (χ3v) is 9.40. The SMILES string of the molecule is CC1NS(=O)(c2sc(C(C)(C)O)cc2F)=NC(=O)Cc2c(C3CC3)cc(C#N)c(F)c21. The molecule has 1 fully saturated rings. The van der Waals surface area contributed by atoms with E-state index in [1.807, 2.05) is 6.07 Å². The van der Waals surface area contributed by atoms with E-state index in [4.69, 9.17) is 0 Å². The molecule has 0 radical (unpaired) electrons. The Morgan fingerprint density at radius 1 is 1.35 bits per heavy atom. The fourth-order valence-corrected chi connectivity index (χ4v) is 7.08. The van der Waals surface area contributed by atoms with Crippen LogP contribution in [0.25, 0.3) is 0 Å². The fourth-order valence-electron chi connectivity index (χ4n) is 3.82. The van der Waals surface area contributed by atoms with Crippen molar-refractivity contribution in [1.29, 1.82) is 5.26 Å². The van der Waals surface area contributed by atoms with Gasteiger partial charge >= 0.3 is 0 Å². The Kier molecular flexibility index (Phi) is 5.29. The molecule has 2 N–H and O–H groups in total. The van der Waals surface area contributed by atoms with Gasteiger partial charge in [0.15, 0.2) is 19.9 Å². The lowest BCUT2D eigenvalue weighted by atomic mass is 9.89. The first-order valence-electron chi connectivity index (χ1n) is 9.79. The van der Waals surface area contributed by atoms with E-state index in [0.717, 1.165) is 35.8 Å². The molecule has 4 rings (SSSR count). The lowest BCUT2D eigenvalue weighted by Crippen LogP contribution is -2.32. The van der Waals surface area contributed by atoms with Crippen molar-refractivity contribution in [2.45, 2.75) is 61.8 Å². The second-order valence-electron chi connectivity index (χ2n) is 8.44. The minimum atomic E-state index is -3.79. The average Bonchev–Trinajstić information content (AvgIpc) is 3.40. The lowest BCUT2D eigenvalue weighted by Gasteiger charge is -2.25. The van der Waals surface area contributed by atoms with Gasteiger partial charge in [-0.1, -0.05) is 0 Å². The Morgan fingerprint density at radius 2 is 2.03 bits per heavy atom. The van der Waals surface area contributed by atoms with Gasteiger partial charge in [-0.2, -0.15) is 5.26 Å². The van der Waals surface area contributed by atoms with Gasteiger partial charge in [-0.25, -0.2) is 17.7 Å². The van der Waals surface area contributed by atoms with Gasteiger partial charge in [0.05, 0.1) is 17.6 Å². The Morgan fingerprint density at radius 3 is 2.58 bits per heavy atom. The van der Waals surface area contributed by atoms with E-state index in [9.17, 15) is 23.8 Å². The number of benzene rings is 1. The van der Waals surface area contributed by atoms with Gasteiger partial charge in [-0.15, -0.1) is 15.7 Å². The molecule has 6 nitrogen and oxygen atoms in total. The van der Waals surface area contributed by atoms with E-state index in [-0.39, 0.29) is 32.6 Å². The first-order chi connectivity index (χ1) is 14.4. The number of carbonyl (C=O) groups excluding carboxylic acids is 1. The summed E-state index contributed by atoms with van der Waals surface area (Å²) in [6.07, 6.45) is 1.48. The van der Waals surface area contributed by atoms with Gasteiger partial charge in [0.25, 0.3) is 5.91 Å². The maximum atomic E-state index is 15.2. The van der Waals surface area contributed by atoms with E-state index < -0.39 is 39.1 Å². The Hall–Kier alpha value is -2.19. The molecule has 0 bridgehead atoms.